The SMILES string of the molecule is COc1cc(C(C)Nc2ccc(Cl)cc2Cl)ccc1O. The number of phenolic OH excluding ortho intramolecular Hbond substituents is 1. The van der Waals surface area contributed by atoms with Gasteiger partial charge in [-0.05, 0) is 42.8 Å². The van der Waals surface area contributed by atoms with Crippen LogP contribution < -0.4 is 10.1 Å². The van der Waals surface area contributed by atoms with E-state index < -0.39 is 0 Å². The van der Waals surface area contributed by atoms with Crippen LogP contribution in [0.25, 0.3) is 0 Å². The Hall–Kier alpha value is -1.58. The Morgan fingerprint density at radius 2 is 1.90 bits per heavy atom. The van der Waals surface area contributed by atoms with Crippen LogP contribution in [0, 0.1) is 0 Å². The third kappa shape index (κ3) is 3.30. The fraction of sp³-hybridized carbons (Fsp3) is 0.200. The zero-order valence-electron chi connectivity index (χ0n) is 11.2. The van der Waals surface area contributed by atoms with E-state index in [1.54, 1.807) is 24.3 Å². The molecular formula is C15H15Cl2NO2. The number of hydrogen-bond acceptors (Lipinski definition) is 3. The first-order chi connectivity index (χ1) is 9.51. The van der Waals surface area contributed by atoms with Gasteiger partial charge in [0.1, 0.15) is 0 Å². The summed E-state index contributed by atoms with van der Waals surface area (Å²) in [6.07, 6.45) is 0. The summed E-state index contributed by atoms with van der Waals surface area (Å²) in [5, 5.41) is 14.1. The normalized spacial score (nSPS) is 12.0. The van der Waals surface area contributed by atoms with Crippen LogP contribution in [0.3, 0.4) is 0 Å². The van der Waals surface area contributed by atoms with E-state index in [2.05, 4.69) is 5.32 Å². The van der Waals surface area contributed by atoms with E-state index in [9.17, 15) is 5.11 Å². The molecule has 20 heavy (non-hydrogen) atoms. The highest BCUT2D eigenvalue weighted by atomic mass is 35.5. The maximum Gasteiger partial charge on any atom is 0.160 e. The van der Waals surface area contributed by atoms with Crippen molar-refractivity contribution in [3.05, 3.63) is 52.0 Å². The summed E-state index contributed by atoms with van der Waals surface area (Å²) in [6, 6.07) is 10.5. The van der Waals surface area contributed by atoms with Crippen molar-refractivity contribution in [2.75, 3.05) is 12.4 Å². The van der Waals surface area contributed by atoms with Crippen molar-refractivity contribution >= 4 is 28.9 Å². The van der Waals surface area contributed by atoms with Gasteiger partial charge < -0.3 is 15.2 Å². The van der Waals surface area contributed by atoms with Crippen LogP contribution in [0.15, 0.2) is 36.4 Å². The lowest BCUT2D eigenvalue weighted by Crippen LogP contribution is -2.07. The topological polar surface area (TPSA) is 41.5 Å². The second-order valence-electron chi connectivity index (χ2n) is 4.42. The molecule has 0 saturated heterocycles. The Bertz CT molecular complexity index is 617. The van der Waals surface area contributed by atoms with Gasteiger partial charge in [-0.3, -0.25) is 0 Å². The first-order valence-electron chi connectivity index (χ1n) is 6.09. The predicted octanol–water partition coefficient (Wildman–Crippen LogP) is 4.88. The quantitative estimate of drug-likeness (QED) is 0.845. The minimum atomic E-state index is 0.00294. The minimum absolute atomic E-state index is 0.00294. The van der Waals surface area contributed by atoms with Crippen molar-refractivity contribution in [3.8, 4) is 11.5 Å². The van der Waals surface area contributed by atoms with Gasteiger partial charge in [0, 0.05) is 11.1 Å². The molecule has 0 aromatic heterocycles. The molecule has 0 heterocycles. The van der Waals surface area contributed by atoms with E-state index in [4.69, 9.17) is 27.9 Å². The zero-order valence-corrected chi connectivity index (χ0v) is 12.7. The Morgan fingerprint density at radius 3 is 2.55 bits per heavy atom. The van der Waals surface area contributed by atoms with Gasteiger partial charge in [-0.25, -0.2) is 0 Å². The molecule has 0 spiro atoms. The first-order valence-corrected chi connectivity index (χ1v) is 6.85. The van der Waals surface area contributed by atoms with Crippen molar-refractivity contribution < 1.29 is 9.84 Å². The lowest BCUT2D eigenvalue weighted by Gasteiger charge is -2.18. The molecule has 0 aliphatic carbocycles. The number of rotatable bonds is 4. The molecule has 1 unspecified atom stereocenters. The van der Waals surface area contributed by atoms with E-state index in [1.807, 2.05) is 19.1 Å². The van der Waals surface area contributed by atoms with Crippen LogP contribution in [0.1, 0.15) is 18.5 Å². The number of ether oxygens (including phenoxy) is 1. The number of phenols is 1. The molecule has 0 amide bonds. The molecule has 106 valence electrons. The molecular weight excluding hydrogens is 297 g/mol. The molecule has 0 aliphatic heterocycles. The van der Waals surface area contributed by atoms with Crippen LogP contribution in [0.5, 0.6) is 11.5 Å². The van der Waals surface area contributed by atoms with E-state index in [-0.39, 0.29) is 11.8 Å². The van der Waals surface area contributed by atoms with Gasteiger partial charge in [0.05, 0.1) is 17.8 Å². The van der Waals surface area contributed by atoms with Gasteiger partial charge in [-0.1, -0.05) is 29.3 Å². The highest BCUT2D eigenvalue weighted by Gasteiger charge is 2.11. The number of aromatic hydroxyl groups is 1. The minimum Gasteiger partial charge on any atom is -0.504 e. The molecule has 0 bridgehead atoms. The molecule has 1 atom stereocenters. The summed E-state index contributed by atoms with van der Waals surface area (Å²) in [4.78, 5) is 0. The highest BCUT2D eigenvalue weighted by Crippen LogP contribution is 2.32. The van der Waals surface area contributed by atoms with Crippen LogP contribution in [-0.4, -0.2) is 12.2 Å². The molecule has 5 heteroatoms. The van der Waals surface area contributed by atoms with Crippen LogP contribution in [0.4, 0.5) is 5.69 Å². The van der Waals surface area contributed by atoms with Crippen molar-refractivity contribution in [3.63, 3.8) is 0 Å². The average Bonchev–Trinajstić information content (AvgIpc) is 2.42. The Morgan fingerprint density at radius 1 is 1.15 bits per heavy atom. The van der Waals surface area contributed by atoms with E-state index >= 15 is 0 Å². The highest BCUT2D eigenvalue weighted by molar-refractivity contribution is 6.36. The van der Waals surface area contributed by atoms with Gasteiger partial charge in [0.25, 0.3) is 0 Å². The summed E-state index contributed by atoms with van der Waals surface area (Å²) < 4.78 is 5.10. The van der Waals surface area contributed by atoms with Crippen LogP contribution in [0.2, 0.25) is 10.0 Å². The summed E-state index contributed by atoms with van der Waals surface area (Å²) in [7, 11) is 1.52. The van der Waals surface area contributed by atoms with Crippen molar-refractivity contribution in [1.29, 1.82) is 0 Å². The van der Waals surface area contributed by atoms with Crippen molar-refractivity contribution in [2.24, 2.45) is 0 Å². The molecule has 3 nitrogen and oxygen atoms in total. The molecule has 0 radical (unpaired) electrons. The van der Waals surface area contributed by atoms with Gasteiger partial charge in [0.15, 0.2) is 11.5 Å². The number of anilines is 1. The maximum atomic E-state index is 9.60. The maximum absolute atomic E-state index is 9.60. The number of halogens is 2. The van der Waals surface area contributed by atoms with Crippen LogP contribution >= 0.6 is 23.2 Å². The smallest absolute Gasteiger partial charge is 0.160 e. The summed E-state index contributed by atoms with van der Waals surface area (Å²) in [5.74, 6) is 0.561. The molecule has 0 saturated carbocycles. The molecule has 2 N–H and O–H groups in total. The lowest BCUT2D eigenvalue weighted by atomic mass is 10.1. The Kier molecular flexibility index (Phi) is 4.63. The standard InChI is InChI=1S/C15H15Cl2NO2/c1-9(10-3-6-14(19)15(7-10)20-2)18-13-5-4-11(16)8-12(13)17/h3-9,18-19H,1-2H3. The largest absolute Gasteiger partial charge is 0.504 e. The Balaban J connectivity index is 2.21. The molecule has 2 rings (SSSR count). The predicted molar refractivity (Wildman–Crippen MR) is 83.2 cm³/mol. The molecule has 0 fully saturated rings. The molecule has 0 aliphatic rings. The van der Waals surface area contributed by atoms with Crippen LogP contribution in [-0.2, 0) is 0 Å². The van der Waals surface area contributed by atoms with E-state index in [0.29, 0.717) is 15.8 Å². The summed E-state index contributed by atoms with van der Waals surface area (Å²) in [5.41, 5.74) is 1.78. The summed E-state index contributed by atoms with van der Waals surface area (Å²) >= 11 is 12.0. The third-order valence-electron chi connectivity index (χ3n) is 3.01. The van der Waals surface area contributed by atoms with Gasteiger partial charge in [-0.15, -0.1) is 0 Å². The second kappa shape index (κ2) is 6.25. The van der Waals surface area contributed by atoms with Crippen molar-refractivity contribution in [2.45, 2.75) is 13.0 Å². The molecule has 2 aromatic carbocycles. The summed E-state index contributed by atoms with van der Waals surface area (Å²) in [6.45, 7) is 2.00. The van der Waals surface area contributed by atoms with Gasteiger partial charge in [0.2, 0.25) is 0 Å². The fourth-order valence-corrected chi connectivity index (χ4v) is 2.35. The number of benzene rings is 2. The molecule has 2 aromatic rings. The Labute approximate surface area is 128 Å². The number of methoxy groups -OCH3 is 1. The van der Waals surface area contributed by atoms with Gasteiger partial charge in [-0.2, -0.15) is 0 Å². The average molecular weight is 312 g/mol. The number of nitrogens with one attached hydrogen (secondary N) is 1. The second-order valence-corrected chi connectivity index (χ2v) is 5.27. The first kappa shape index (κ1) is 14.8. The third-order valence-corrected chi connectivity index (χ3v) is 3.55. The zero-order chi connectivity index (χ0) is 14.7. The fourth-order valence-electron chi connectivity index (χ4n) is 1.89. The lowest BCUT2D eigenvalue weighted by molar-refractivity contribution is 0.373. The van der Waals surface area contributed by atoms with Crippen molar-refractivity contribution in [1.82, 2.24) is 0 Å². The number of hydrogen-bond donors (Lipinski definition) is 2. The van der Waals surface area contributed by atoms with Gasteiger partial charge >= 0.3 is 0 Å². The van der Waals surface area contributed by atoms with E-state index in [1.165, 1.54) is 7.11 Å². The van der Waals surface area contributed by atoms with E-state index in [0.717, 1.165) is 11.3 Å². The monoisotopic (exact) mass is 311 g/mol.